The first-order valence-corrected chi connectivity index (χ1v) is 9.18. The number of rotatable bonds is 4. The topological polar surface area (TPSA) is 89.4 Å². The fraction of sp³-hybridized carbons (Fsp3) is 0.882. The molecule has 0 aromatic heterocycles. The van der Waals surface area contributed by atoms with Crippen LogP contribution in [-0.2, 0) is 9.53 Å². The first-order valence-electron chi connectivity index (χ1n) is 9.18. The van der Waals surface area contributed by atoms with Crippen LogP contribution in [-0.4, -0.2) is 55.2 Å². The second-order valence-electron chi connectivity index (χ2n) is 7.82. The summed E-state index contributed by atoms with van der Waals surface area (Å²) in [5.74, 6) is 1.75. The fourth-order valence-corrected chi connectivity index (χ4v) is 5.03. The van der Waals surface area contributed by atoms with Crippen molar-refractivity contribution in [2.45, 2.75) is 56.3 Å². The molecule has 24 heavy (non-hydrogen) atoms. The Morgan fingerprint density at radius 3 is 2.75 bits per heavy atom. The Morgan fingerprint density at radius 1 is 1.25 bits per heavy atom. The Morgan fingerprint density at radius 2 is 2.04 bits per heavy atom. The Hall–Kier alpha value is -1.36. The van der Waals surface area contributed by atoms with Crippen molar-refractivity contribution < 1.29 is 9.53 Å². The van der Waals surface area contributed by atoms with Crippen molar-refractivity contribution in [3.8, 4) is 6.19 Å². The smallest absolute Gasteiger partial charge is 0.241 e. The molecule has 0 spiro atoms. The minimum absolute atomic E-state index is 0.113. The van der Waals surface area contributed by atoms with Crippen LogP contribution in [0.1, 0.15) is 32.1 Å². The van der Waals surface area contributed by atoms with Gasteiger partial charge in [0.25, 0.3) is 0 Å². The number of nitriles is 1. The van der Waals surface area contributed by atoms with Gasteiger partial charge in [0, 0.05) is 44.1 Å². The van der Waals surface area contributed by atoms with Crippen molar-refractivity contribution in [3.63, 3.8) is 0 Å². The normalized spacial score (nSPS) is 44.0. The number of ether oxygens (including phenoxy) is 1. The number of carbonyl (C=O) groups is 1. The largest absolute Gasteiger partial charge is 0.381 e. The molecule has 2 saturated heterocycles. The summed E-state index contributed by atoms with van der Waals surface area (Å²) in [7, 11) is 1.80. The van der Waals surface area contributed by atoms with Crippen LogP contribution in [0.15, 0.2) is 0 Å². The van der Waals surface area contributed by atoms with E-state index in [1.807, 2.05) is 11.1 Å². The molecular formula is C17H27N5O2. The molecule has 2 aliphatic heterocycles. The van der Waals surface area contributed by atoms with Crippen LogP contribution in [0.4, 0.5) is 0 Å². The van der Waals surface area contributed by atoms with E-state index in [2.05, 4.69) is 16.2 Å². The summed E-state index contributed by atoms with van der Waals surface area (Å²) in [4.78, 5) is 14.7. The lowest BCUT2D eigenvalue weighted by molar-refractivity contribution is -0.132. The van der Waals surface area contributed by atoms with E-state index < -0.39 is 0 Å². The van der Waals surface area contributed by atoms with E-state index in [0.29, 0.717) is 35.9 Å². The number of nitrogens with one attached hydrogen (secondary N) is 3. The number of methoxy groups -OCH3 is 1. The highest BCUT2D eigenvalue weighted by Gasteiger charge is 2.57. The molecule has 2 saturated carbocycles. The lowest BCUT2D eigenvalue weighted by Crippen LogP contribution is -2.46. The van der Waals surface area contributed by atoms with Crippen molar-refractivity contribution in [2.24, 2.45) is 17.8 Å². The molecule has 0 radical (unpaired) electrons. The van der Waals surface area contributed by atoms with Crippen LogP contribution in [0.5, 0.6) is 0 Å². The van der Waals surface area contributed by atoms with Crippen LogP contribution in [0.25, 0.3) is 0 Å². The minimum Gasteiger partial charge on any atom is -0.381 e. The van der Waals surface area contributed by atoms with Gasteiger partial charge in [0.1, 0.15) is 6.04 Å². The monoisotopic (exact) mass is 333 g/mol. The third kappa shape index (κ3) is 2.87. The van der Waals surface area contributed by atoms with Gasteiger partial charge < -0.3 is 15.0 Å². The lowest BCUT2D eigenvalue weighted by Gasteiger charge is -2.31. The van der Waals surface area contributed by atoms with Crippen LogP contribution >= 0.6 is 0 Å². The van der Waals surface area contributed by atoms with Gasteiger partial charge in [-0.3, -0.25) is 10.2 Å². The summed E-state index contributed by atoms with van der Waals surface area (Å²) in [6, 6.07) is 0.550. The number of likely N-dealkylation sites (tertiary alicyclic amines) is 1. The molecule has 0 aromatic rings. The van der Waals surface area contributed by atoms with Crippen molar-refractivity contribution in [1.82, 2.24) is 21.1 Å². The zero-order valence-corrected chi connectivity index (χ0v) is 14.2. The van der Waals surface area contributed by atoms with Gasteiger partial charge in [-0.1, -0.05) is 6.42 Å². The average molecular weight is 333 g/mol. The molecule has 2 aliphatic carbocycles. The third-order valence-corrected chi connectivity index (χ3v) is 6.54. The predicted molar refractivity (Wildman–Crippen MR) is 87.3 cm³/mol. The summed E-state index contributed by atoms with van der Waals surface area (Å²) in [6.07, 6.45) is 7.93. The van der Waals surface area contributed by atoms with Gasteiger partial charge in [-0.05, 0) is 31.6 Å². The molecule has 132 valence electrons. The Kier molecular flexibility index (Phi) is 4.37. The molecule has 5 unspecified atom stereocenters. The molecule has 4 rings (SSSR count). The quantitative estimate of drug-likeness (QED) is 0.494. The standard InChI is InChI=1S/C17H27N5O2/c1-24-11-4-2-3-10(5-11)14-6-15(21-20-14)17(23)22-7-12-13(8-22)16(12)19-9-18/h10-16,19-21H,2-8H2,1H3/t10?,11?,12-,13+,14?,15?,16?. The zero-order valence-electron chi connectivity index (χ0n) is 14.2. The van der Waals surface area contributed by atoms with Gasteiger partial charge in [-0.15, -0.1) is 0 Å². The number of hydrazine groups is 1. The highest BCUT2D eigenvalue weighted by molar-refractivity contribution is 5.82. The van der Waals surface area contributed by atoms with Gasteiger partial charge in [0.05, 0.1) is 6.10 Å². The van der Waals surface area contributed by atoms with Crippen LogP contribution in [0.3, 0.4) is 0 Å². The van der Waals surface area contributed by atoms with Crippen molar-refractivity contribution in [3.05, 3.63) is 0 Å². The van der Waals surface area contributed by atoms with E-state index in [1.54, 1.807) is 7.11 Å². The summed E-state index contributed by atoms with van der Waals surface area (Å²) in [6.45, 7) is 1.59. The molecule has 3 N–H and O–H groups in total. The molecule has 0 bridgehead atoms. The average Bonchev–Trinajstić information content (AvgIpc) is 3.05. The number of fused-ring (bicyclic) bond motifs is 1. The van der Waals surface area contributed by atoms with Crippen molar-refractivity contribution >= 4 is 5.91 Å². The highest BCUT2D eigenvalue weighted by Crippen LogP contribution is 2.45. The van der Waals surface area contributed by atoms with E-state index >= 15 is 0 Å². The predicted octanol–water partition coefficient (Wildman–Crippen LogP) is -0.0458. The van der Waals surface area contributed by atoms with Crippen LogP contribution in [0, 0.1) is 29.2 Å². The molecule has 7 atom stereocenters. The summed E-state index contributed by atoms with van der Waals surface area (Å²) in [5, 5.41) is 11.5. The van der Waals surface area contributed by atoms with Gasteiger partial charge in [-0.2, -0.15) is 5.26 Å². The van der Waals surface area contributed by atoms with E-state index in [0.717, 1.165) is 32.4 Å². The van der Waals surface area contributed by atoms with E-state index in [4.69, 9.17) is 10.00 Å². The molecule has 1 amide bonds. The Bertz CT molecular complexity index is 524. The molecule has 2 heterocycles. The second kappa shape index (κ2) is 6.51. The summed E-state index contributed by atoms with van der Waals surface area (Å²) in [5.41, 5.74) is 6.60. The first kappa shape index (κ1) is 16.1. The molecule has 4 aliphatic rings. The number of piperidine rings is 1. The first-order chi connectivity index (χ1) is 11.7. The van der Waals surface area contributed by atoms with Gasteiger partial charge >= 0.3 is 0 Å². The van der Waals surface area contributed by atoms with Crippen LogP contribution in [0.2, 0.25) is 0 Å². The fourth-order valence-electron chi connectivity index (χ4n) is 5.03. The number of hydrogen-bond donors (Lipinski definition) is 3. The second-order valence-corrected chi connectivity index (χ2v) is 7.82. The molecule has 0 aromatic carbocycles. The van der Waals surface area contributed by atoms with E-state index in [-0.39, 0.29) is 11.9 Å². The third-order valence-electron chi connectivity index (χ3n) is 6.54. The van der Waals surface area contributed by atoms with Crippen LogP contribution < -0.4 is 16.2 Å². The number of carbonyl (C=O) groups excluding carboxylic acids is 1. The van der Waals surface area contributed by atoms with Gasteiger partial charge in [-0.25, -0.2) is 5.43 Å². The molecule has 7 heteroatoms. The maximum Gasteiger partial charge on any atom is 0.241 e. The summed E-state index contributed by atoms with van der Waals surface area (Å²) < 4.78 is 5.53. The minimum atomic E-state index is -0.113. The lowest BCUT2D eigenvalue weighted by atomic mass is 9.81. The van der Waals surface area contributed by atoms with Gasteiger partial charge in [0.15, 0.2) is 6.19 Å². The molecule has 7 nitrogen and oxygen atoms in total. The maximum absolute atomic E-state index is 12.7. The SMILES string of the molecule is COC1CCCC(C2CC(C(=O)N3C[C@@H]4C(NC#N)[C@@H]4C3)NN2)C1. The van der Waals surface area contributed by atoms with Crippen molar-refractivity contribution in [1.29, 1.82) is 5.26 Å². The van der Waals surface area contributed by atoms with Gasteiger partial charge in [0.2, 0.25) is 5.91 Å². The Balaban J connectivity index is 1.27. The number of amides is 1. The molecular weight excluding hydrogens is 306 g/mol. The number of nitrogens with zero attached hydrogens (tertiary/aromatic N) is 2. The summed E-state index contributed by atoms with van der Waals surface area (Å²) >= 11 is 0. The highest BCUT2D eigenvalue weighted by atomic mass is 16.5. The van der Waals surface area contributed by atoms with E-state index in [1.165, 1.54) is 12.8 Å². The maximum atomic E-state index is 12.7. The van der Waals surface area contributed by atoms with E-state index in [9.17, 15) is 4.79 Å². The molecule has 4 fully saturated rings. The van der Waals surface area contributed by atoms with Crippen molar-refractivity contribution in [2.75, 3.05) is 20.2 Å². The number of hydrogen-bond acceptors (Lipinski definition) is 6. The zero-order chi connectivity index (χ0) is 16.7. The Labute approximate surface area is 143 Å².